The molecule has 0 radical (unpaired) electrons. The fourth-order valence-corrected chi connectivity index (χ4v) is 2.01. The average molecular weight is 112 g/mol. The number of rotatable bonds is 0. The Hall–Kier alpha value is -0.0400. The Balaban J connectivity index is 2.12. The van der Waals surface area contributed by atoms with Crippen molar-refractivity contribution in [2.45, 2.75) is 32.3 Å². The maximum absolute atomic E-state index is 9.20. The lowest BCUT2D eigenvalue weighted by atomic mass is 9.47. The van der Waals surface area contributed by atoms with E-state index in [0.717, 1.165) is 12.3 Å². The first-order valence-electron chi connectivity index (χ1n) is 3.41. The van der Waals surface area contributed by atoms with E-state index in [1.54, 1.807) is 0 Å². The van der Waals surface area contributed by atoms with Gasteiger partial charge >= 0.3 is 0 Å². The molecule has 3 atom stereocenters. The van der Waals surface area contributed by atoms with Gasteiger partial charge in [0, 0.05) is 0 Å². The molecule has 2 fully saturated rings. The van der Waals surface area contributed by atoms with Gasteiger partial charge in [0.1, 0.15) is 0 Å². The number of aliphatic hydroxyl groups excluding tert-OH is 1. The van der Waals surface area contributed by atoms with Crippen molar-refractivity contribution in [1.29, 1.82) is 0 Å². The predicted octanol–water partition coefficient (Wildman–Crippen LogP) is 1.17. The van der Waals surface area contributed by atoms with Gasteiger partial charge in [-0.25, -0.2) is 0 Å². The van der Waals surface area contributed by atoms with Crippen molar-refractivity contribution < 1.29 is 5.11 Å². The molecule has 1 N–H and O–H groups in total. The van der Waals surface area contributed by atoms with Gasteiger partial charge in [0.25, 0.3) is 0 Å². The molecular formula is C7H12O. The lowest BCUT2D eigenvalue weighted by molar-refractivity contribution is -0.176. The van der Waals surface area contributed by atoms with Gasteiger partial charge < -0.3 is 5.11 Å². The second kappa shape index (κ2) is 1.10. The molecule has 0 aromatic heterocycles. The Labute approximate surface area is 49.7 Å². The Bertz CT molecular complexity index is 116. The Kier molecular flexibility index (Phi) is 0.663. The van der Waals surface area contributed by atoms with E-state index in [1.807, 2.05) is 0 Å². The highest BCUT2D eigenvalue weighted by Crippen LogP contribution is 2.60. The van der Waals surface area contributed by atoms with Gasteiger partial charge in [-0.15, -0.1) is 0 Å². The van der Waals surface area contributed by atoms with Crippen LogP contribution in [0, 0.1) is 11.3 Å². The average Bonchev–Trinajstić information content (AvgIpc) is 1.79. The standard InChI is InChI=1S/C7H12O/c1-7-3-2-5(7)4-6(7)8/h5-6,8H,2-4H2,1H3/t5-,6+,7?/m0/s1. The minimum Gasteiger partial charge on any atom is -0.393 e. The first-order valence-corrected chi connectivity index (χ1v) is 3.41. The normalized spacial score (nSPS) is 60.8. The highest BCUT2D eigenvalue weighted by Gasteiger charge is 2.56. The quantitative estimate of drug-likeness (QED) is 0.498. The second-order valence-electron chi connectivity index (χ2n) is 3.49. The molecule has 2 rings (SSSR count). The lowest BCUT2D eigenvalue weighted by Crippen LogP contribution is -2.57. The molecule has 0 aliphatic heterocycles. The minimum absolute atomic E-state index is 0.0428. The molecule has 0 spiro atoms. The van der Waals surface area contributed by atoms with E-state index in [-0.39, 0.29) is 6.10 Å². The van der Waals surface area contributed by atoms with Crippen LogP contribution in [0.5, 0.6) is 0 Å². The Morgan fingerprint density at radius 2 is 2.38 bits per heavy atom. The first kappa shape index (κ1) is 4.80. The van der Waals surface area contributed by atoms with Gasteiger partial charge in [-0.1, -0.05) is 6.92 Å². The summed E-state index contributed by atoms with van der Waals surface area (Å²) in [4.78, 5) is 0. The van der Waals surface area contributed by atoms with Gasteiger partial charge in [-0.3, -0.25) is 0 Å². The summed E-state index contributed by atoms with van der Waals surface area (Å²) in [6.07, 6.45) is 3.75. The van der Waals surface area contributed by atoms with Crippen LogP contribution >= 0.6 is 0 Å². The highest BCUT2D eigenvalue weighted by atomic mass is 16.3. The zero-order valence-electron chi connectivity index (χ0n) is 5.22. The molecule has 0 aromatic carbocycles. The number of aliphatic hydroxyl groups is 1. The van der Waals surface area contributed by atoms with Crippen molar-refractivity contribution in [1.82, 2.24) is 0 Å². The van der Waals surface area contributed by atoms with E-state index in [2.05, 4.69) is 6.92 Å². The third kappa shape index (κ3) is 0.304. The van der Waals surface area contributed by atoms with Crippen LogP contribution in [0.2, 0.25) is 0 Å². The highest BCUT2D eigenvalue weighted by molar-refractivity contribution is 5.06. The van der Waals surface area contributed by atoms with Crippen molar-refractivity contribution in [3.8, 4) is 0 Å². The van der Waals surface area contributed by atoms with Crippen LogP contribution in [0.4, 0.5) is 0 Å². The predicted molar refractivity (Wildman–Crippen MR) is 31.5 cm³/mol. The molecule has 1 heteroatoms. The van der Waals surface area contributed by atoms with Gasteiger partial charge in [-0.2, -0.15) is 0 Å². The molecule has 0 heterocycles. The SMILES string of the molecule is CC12CC[C@H]1C[C@H]2O. The lowest BCUT2D eigenvalue weighted by Gasteiger charge is -2.60. The summed E-state index contributed by atoms with van der Waals surface area (Å²) < 4.78 is 0. The minimum atomic E-state index is 0.0428. The molecule has 2 aliphatic carbocycles. The molecule has 0 saturated heterocycles. The van der Waals surface area contributed by atoms with Crippen molar-refractivity contribution in [3.05, 3.63) is 0 Å². The zero-order valence-corrected chi connectivity index (χ0v) is 5.22. The summed E-state index contributed by atoms with van der Waals surface area (Å²) in [7, 11) is 0. The topological polar surface area (TPSA) is 20.2 Å². The van der Waals surface area contributed by atoms with Crippen molar-refractivity contribution in [2.75, 3.05) is 0 Å². The van der Waals surface area contributed by atoms with Crippen LogP contribution in [0.3, 0.4) is 0 Å². The van der Waals surface area contributed by atoms with Crippen LogP contribution in [-0.4, -0.2) is 11.2 Å². The summed E-state index contributed by atoms with van der Waals surface area (Å²) in [6, 6.07) is 0. The summed E-state index contributed by atoms with van der Waals surface area (Å²) in [5, 5.41) is 9.20. The molecule has 0 aromatic rings. The number of hydrogen-bond acceptors (Lipinski definition) is 1. The van der Waals surface area contributed by atoms with E-state index in [1.165, 1.54) is 12.8 Å². The van der Waals surface area contributed by atoms with E-state index in [0.29, 0.717) is 5.41 Å². The fourth-order valence-electron chi connectivity index (χ4n) is 2.01. The molecule has 1 unspecified atom stereocenters. The Morgan fingerprint density at radius 3 is 2.38 bits per heavy atom. The summed E-state index contributed by atoms with van der Waals surface area (Å²) in [5.41, 5.74) is 0.375. The molecule has 8 heavy (non-hydrogen) atoms. The Morgan fingerprint density at radius 1 is 1.62 bits per heavy atom. The largest absolute Gasteiger partial charge is 0.393 e. The second-order valence-corrected chi connectivity index (χ2v) is 3.49. The third-order valence-electron chi connectivity index (χ3n) is 3.23. The van der Waals surface area contributed by atoms with Gasteiger partial charge in [0.2, 0.25) is 0 Å². The monoisotopic (exact) mass is 112 g/mol. The molecule has 2 aliphatic rings. The van der Waals surface area contributed by atoms with Crippen LogP contribution in [0.25, 0.3) is 0 Å². The molecule has 0 amide bonds. The summed E-state index contributed by atoms with van der Waals surface area (Å²) in [5.74, 6) is 0.887. The molecule has 2 saturated carbocycles. The summed E-state index contributed by atoms with van der Waals surface area (Å²) in [6.45, 7) is 2.20. The molecule has 1 nitrogen and oxygen atoms in total. The van der Waals surface area contributed by atoms with Crippen molar-refractivity contribution >= 4 is 0 Å². The maximum atomic E-state index is 9.20. The molecular weight excluding hydrogens is 100 g/mol. The summed E-state index contributed by atoms with van der Waals surface area (Å²) >= 11 is 0. The van der Waals surface area contributed by atoms with Crippen molar-refractivity contribution in [3.63, 3.8) is 0 Å². The van der Waals surface area contributed by atoms with E-state index in [9.17, 15) is 5.11 Å². The zero-order chi connectivity index (χ0) is 5.78. The molecule has 46 valence electrons. The van der Waals surface area contributed by atoms with E-state index in [4.69, 9.17) is 0 Å². The van der Waals surface area contributed by atoms with Crippen LogP contribution in [0.1, 0.15) is 26.2 Å². The van der Waals surface area contributed by atoms with Crippen LogP contribution in [0.15, 0.2) is 0 Å². The van der Waals surface area contributed by atoms with Crippen LogP contribution in [-0.2, 0) is 0 Å². The van der Waals surface area contributed by atoms with Crippen molar-refractivity contribution in [2.24, 2.45) is 11.3 Å². The van der Waals surface area contributed by atoms with E-state index < -0.39 is 0 Å². The van der Waals surface area contributed by atoms with Gasteiger partial charge in [0.05, 0.1) is 6.10 Å². The van der Waals surface area contributed by atoms with Gasteiger partial charge in [-0.05, 0) is 30.6 Å². The van der Waals surface area contributed by atoms with Crippen LogP contribution < -0.4 is 0 Å². The number of hydrogen-bond donors (Lipinski definition) is 1. The first-order chi connectivity index (χ1) is 3.73. The molecule has 0 bridgehead atoms. The number of fused-ring (bicyclic) bond motifs is 1. The smallest absolute Gasteiger partial charge is 0.0599 e. The van der Waals surface area contributed by atoms with Gasteiger partial charge in [0.15, 0.2) is 0 Å². The fraction of sp³-hybridized carbons (Fsp3) is 1.00. The third-order valence-corrected chi connectivity index (χ3v) is 3.23. The maximum Gasteiger partial charge on any atom is 0.0599 e. The van der Waals surface area contributed by atoms with E-state index >= 15 is 0 Å².